The molecule has 0 aliphatic rings. The van der Waals surface area contributed by atoms with Crippen LogP contribution in [-0.2, 0) is 21.2 Å². The van der Waals surface area contributed by atoms with Gasteiger partial charge in [-0.1, -0.05) is 6.08 Å². The van der Waals surface area contributed by atoms with Gasteiger partial charge >= 0.3 is 5.97 Å². The number of thiophene rings is 1. The van der Waals surface area contributed by atoms with Gasteiger partial charge < -0.3 is 5.11 Å². The molecule has 0 bridgehead atoms. The zero-order chi connectivity index (χ0) is 12.9. The first kappa shape index (κ1) is 13.9. The lowest BCUT2D eigenvalue weighted by Crippen LogP contribution is -2.23. The van der Waals surface area contributed by atoms with Gasteiger partial charge in [0.05, 0.1) is 6.42 Å². The van der Waals surface area contributed by atoms with Crippen LogP contribution in [0.1, 0.15) is 11.3 Å². The lowest BCUT2D eigenvalue weighted by Gasteiger charge is -2.01. The zero-order valence-electron chi connectivity index (χ0n) is 9.05. The summed E-state index contributed by atoms with van der Waals surface area (Å²) in [6.07, 6.45) is 2.01. The first-order chi connectivity index (χ1) is 7.95. The number of hydrogen-bond acceptors (Lipinski definition) is 4. The number of hydrogen-bond donors (Lipinski definition) is 2. The molecule has 17 heavy (non-hydrogen) atoms. The molecule has 0 saturated heterocycles. The van der Waals surface area contributed by atoms with Gasteiger partial charge in [0, 0.05) is 11.4 Å². The van der Waals surface area contributed by atoms with Crippen LogP contribution in [0.15, 0.2) is 29.0 Å². The number of nitrogens with one attached hydrogen (secondary N) is 1. The molecule has 1 aromatic rings. The third-order valence-corrected chi connectivity index (χ3v) is 4.91. The van der Waals surface area contributed by atoms with E-state index in [0.717, 1.165) is 11.3 Å². The van der Waals surface area contributed by atoms with Crippen LogP contribution in [0.5, 0.6) is 0 Å². The molecule has 0 radical (unpaired) electrons. The third kappa shape index (κ3) is 4.29. The van der Waals surface area contributed by atoms with E-state index in [0.29, 0.717) is 11.3 Å². The van der Waals surface area contributed by atoms with Crippen molar-refractivity contribution >= 4 is 27.3 Å². The fourth-order valence-corrected chi connectivity index (χ4v) is 3.55. The monoisotopic (exact) mass is 275 g/mol. The van der Waals surface area contributed by atoms with Crippen LogP contribution in [0.4, 0.5) is 0 Å². The summed E-state index contributed by atoms with van der Waals surface area (Å²) in [6.45, 7) is 3.78. The van der Waals surface area contributed by atoms with Gasteiger partial charge in [-0.05, 0) is 18.6 Å². The average molecular weight is 275 g/mol. The minimum Gasteiger partial charge on any atom is -0.481 e. The molecule has 0 fully saturated rings. The smallest absolute Gasteiger partial charge is 0.308 e. The Labute approximate surface area is 104 Å². The van der Waals surface area contributed by atoms with E-state index in [1.165, 1.54) is 12.1 Å². The van der Waals surface area contributed by atoms with Crippen molar-refractivity contribution in [3.63, 3.8) is 0 Å². The van der Waals surface area contributed by atoms with E-state index in [1.54, 1.807) is 6.08 Å². The van der Waals surface area contributed by atoms with Gasteiger partial charge in [-0.15, -0.1) is 17.9 Å². The number of carbonyl (C=O) groups is 1. The fourth-order valence-electron chi connectivity index (χ4n) is 1.11. The maximum absolute atomic E-state index is 11.7. The molecule has 1 rings (SSSR count). The Hall–Kier alpha value is -1.18. The molecule has 0 aromatic carbocycles. The molecule has 1 aromatic heterocycles. The van der Waals surface area contributed by atoms with Gasteiger partial charge in [-0.25, -0.2) is 13.1 Å². The minimum absolute atomic E-state index is 0.137. The Morgan fingerprint density at radius 3 is 2.82 bits per heavy atom. The van der Waals surface area contributed by atoms with E-state index < -0.39 is 16.0 Å². The van der Waals surface area contributed by atoms with Crippen molar-refractivity contribution in [3.05, 3.63) is 29.7 Å². The average Bonchev–Trinajstić information content (AvgIpc) is 2.66. The molecular weight excluding hydrogens is 262 g/mol. The predicted octanol–water partition coefficient (Wildman–Crippen LogP) is 1.23. The summed E-state index contributed by atoms with van der Waals surface area (Å²) in [6, 6.07) is 2.93. The van der Waals surface area contributed by atoms with Gasteiger partial charge in [0.1, 0.15) is 4.21 Å². The number of sulfonamides is 1. The molecule has 1 heterocycles. The molecule has 0 aliphatic carbocycles. The molecule has 0 spiro atoms. The quantitative estimate of drug-likeness (QED) is 0.579. The molecule has 0 aliphatic heterocycles. The third-order valence-electron chi connectivity index (χ3n) is 1.87. The lowest BCUT2D eigenvalue weighted by atomic mass is 10.3. The summed E-state index contributed by atoms with van der Waals surface area (Å²) in [4.78, 5) is 11.0. The minimum atomic E-state index is -3.52. The highest BCUT2D eigenvalue weighted by atomic mass is 32.2. The Morgan fingerprint density at radius 1 is 1.53 bits per heavy atom. The van der Waals surface area contributed by atoms with Gasteiger partial charge in [-0.2, -0.15) is 0 Å². The lowest BCUT2D eigenvalue weighted by molar-refractivity contribution is -0.136. The van der Waals surface area contributed by atoms with Crippen molar-refractivity contribution in [2.45, 2.75) is 17.1 Å². The van der Waals surface area contributed by atoms with Crippen molar-refractivity contribution in [1.82, 2.24) is 4.72 Å². The highest BCUT2D eigenvalue weighted by Crippen LogP contribution is 2.21. The second-order valence-electron chi connectivity index (χ2n) is 3.27. The summed E-state index contributed by atoms with van der Waals surface area (Å²) in [7, 11) is -3.52. The van der Waals surface area contributed by atoms with Gasteiger partial charge in [-0.3, -0.25) is 4.79 Å². The summed E-state index contributed by atoms with van der Waals surface area (Å²) < 4.78 is 26.0. The number of aliphatic carboxylic acids is 1. The van der Waals surface area contributed by atoms with Gasteiger partial charge in [0.15, 0.2) is 0 Å². The van der Waals surface area contributed by atoms with E-state index >= 15 is 0 Å². The highest BCUT2D eigenvalue weighted by Gasteiger charge is 2.16. The summed E-state index contributed by atoms with van der Waals surface area (Å²) in [5.74, 6) is -0.976. The molecule has 0 unspecified atom stereocenters. The normalized spacial score (nSPS) is 11.3. The predicted molar refractivity (Wildman–Crippen MR) is 65.7 cm³/mol. The summed E-state index contributed by atoms with van der Waals surface area (Å²) >= 11 is 0.969. The van der Waals surface area contributed by atoms with Crippen LogP contribution in [0.25, 0.3) is 0 Å². The topological polar surface area (TPSA) is 83.5 Å². The molecule has 0 atom stereocenters. The molecule has 2 N–H and O–H groups in total. The Bertz CT molecular complexity index is 504. The number of carboxylic acid groups (broad SMARTS) is 1. The maximum atomic E-state index is 11.7. The van der Waals surface area contributed by atoms with Crippen molar-refractivity contribution in [2.24, 2.45) is 0 Å². The van der Waals surface area contributed by atoms with Crippen LogP contribution in [0, 0.1) is 0 Å². The SMILES string of the molecule is C=CCCNS(=O)(=O)c1ccc(CC(=O)O)s1. The van der Waals surface area contributed by atoms with E-state index in [9.17, 15) is 13.2 Å². The highest BCUT2D eigenvalue weighted by molar-refractivity contribution is 7.91. The molecule has 0 saturated carbocycles. The van der Waals surface area contributed by atoms with Crippen molar-refractivity contribution in [1.29, 1.82) is 0 Å². The van der Waals surface area contributed by atoms with E-state index in [4.69, 9.17) is 5.11 Å². The first-order valence-electron chi connectivity index (χ1n) is 4.87. The van der Waals surface area contributed by atoms with Crippen LogP contribution in [-0.4, -0.2) is 26.0 Å². The van der Waals surface area contributed by atoms with Crippen LogP contribution in [0.3, 0.4) is 0 Å². The molecule has 0 amide bonds. The van der Waals surface area contributed by atoms with Crippen molar-refractivity contribution < 1.29 is 18.3 Å². The van der Waals surface area contributed by atoms with Crippen LogP contribution in [0.2, 0.25) is 0 Å². The second kappa shape index (κ2) is 5.95. The summed E-state index contributed by atoms with van der Waals surface area (Å²) in [5.41, 5.74) is 0. The standard InChI is InChI=1S/C10H13NO4S2/c1-2-3-6-11-17(14,15)10-5-4-8(16-10)7-9(12)13/h2,4-5,11H,1,3,6-7H2,(H,12,13). The molecule has 7 heteroatoms. The second-order valence-corrected chi connectivity index (χ2v) is 6.43. The Balaban J connectivity index is 2.74. The molecule has 94 valence electrons. The van der Waals surface area contributed by atoms with Crippen molar-refractivity contribution in [3.8, 4) is 0 Å². The van der Waals surface area contributed by atoms with Gasteiger partial charge in [0.25, 0.3) is 0 Å². The van der Waals surface area contributed by atoms with Crippen LogP contribution < -0.4 is 4.72 Å². The fraction of sp³-hybridized carbons (Fsp3) is 0.300. The Kier molecular flexibility index (Phi) is 4.86. The van der Waals surface area contributed by atoms with E-state index in [-0.39, 0.29) is 17.2 Å². The van der Waals surface area contributed by atoms with E-state index in [2.05, 4.69) is 11.3 Å². The maximum Gasteiger partial charge on any atom is 0.308 e. The number of rotatable bonds is 7. The first-order valence-corrected chi connectivity index (χ1v) is 7.17. The molecule has 5 nitrogen and oxygen atoms in total. The van der Waals surface area contributed by atoms with Crippen LogP contribution >= 0.6 is 11.3 Å². The molecular formula is C10H13NO4S2. The van der Waals surface area contributed by atoms with E-state index in [1.807, 2.05) is 0 Å². The Morgan fingerprint density at radius 2 is 2.24 bits per heavy atom. The number of carboxylic acids is 1. The zero-order valence-corrected chi connectivity index (χ0v) is 10.7. The largest absolute Gasteiger partial charge is 0.481 e. The summed E-state index contributed by atoms with van der Waals surface area (Å²) in [5, 5.41) is 8.58. The van der Waals surface area contributed by atoms with Crippen molar-refractivity contribution in [2.75, 3.05) is 6.54 Å². The van der Waals surface area contributed by atoms with Gasteiger partial charge in [0.2, 0.25) is 10.0 Å².